The lowest BCUT2D eigenvalue weighted by molar-refractivity contribution is 0.0704. The van der Waals surface area contributed by atoms with Crippen LogP contribution in [-0.4, -0.2) is 15.8 Å². The highest BCUT2D eigenvalue weighted by molar-refractivity contribution is 5.93. The van der Waals surface area contributed by atoms with Gasteiger partial charge in [-0.3, -0.25) is 9.78 Å². The molecule has 0 saturated carbocycles. The first-order valence-corrected chi connectivity index (χ1v) is 6.57. The van der Waals surface area contributed by atoms with Crippen molar-refractivity contribution in [2.45, 2.75) is 13.1 Å². The fourth-order valence-corrected chi connectivity index (χ4v) is 2.05. The summed E-state index contributed by atoms with van der Waals surface area (Å²) in [5.41, 5.74) is 0.538. The summed E-state index contributed by atoms with van der Waals surface area (Å²) in [6.07, 6.45) is 6.38. The maximum absolute atomic E-state index is 12.6. The molecule has 3 rings (SSSR count). The summed E-state index contributed by atoms with van der Waals surface area (Å²) in [6, 6.07) is 10.8. The Kier molecular flexibility index (Phi) is 3.82. The van der Waals surface area contributed by atoms with E-state index in [0.717, 1.165) is 11.5 Å². The average Bonchev–Trinajstić information content (AvgIpc) is 3.20. The van der Waals surface area contributed by atoms with Crippen molar-refractivity contribution < 1.29 is 13.6 Å². The van der Waals surface area contributed by atoms with Crippen molar-refractivity contribution in [1.29, 1.82) is 0 Å². The van der Waals surface area contributed by atoms with E-state index >= 15 is 0 Å². The van der Waals surface area contributed by atoms with E-state index in [-0.39, 0.29) is 5.91 Å². The predicted molar refractivity (Wildman–Crippen MR) is 75.2 cm³/mol. The van der Waals surface area contributed by atoms with Gasteiger partial charge in [-0.1, -0.05) is 0 Å². The molecule has 1 amide bonds. The average molecular weight is 282 g/mol. The van der Waals surface area contributed by atoms with Crippen molar-refractivity contribution >= 4 is 5.91 Å². The van der Waals surface area contributed by atoms with E-state index in [1.54, 1.807) is 54.1 Å². The summed E-state index contributed by atoms with van der Waals surface area (Å²) in [5, 5.41) is 0. The molecule has 0 aliphatic carbocycles. The standard InChI is InChI=1S/C16H14N2O3/c19-16(13-4-1-7-17-10-13)18(11-14-5-2-8-20-14)12-15-6-3-9-21-15/h1-10H,11-12H2. The van der Waals surface area contributed by atoms with Gasteiger partial charge < -0.3 is 13.7 Å². The lowest BCUT2D eigenvalue weighted by atomic mass is 10.2. The number of rotatable bonds is 5. The quantitative estimate of drug-likeness (QED) is 0.721. The van der Waals surface area contributed by atoms with E-state index in [2.05, 4.69) is 4.98 Å². The minimum absolute atomic E-state index is 0.115. The molecule has 5 nitrogen and oxygen atoms in total. The molecule has 3 heterocycles. The number of hydrogen-bond acceptors (Lipinski definition) is 4. The number of amides is 1. The summed E-state index contributed by atoms with van der Waals surface area (Å²) >= 11 is 0. The SMILES string of the molecule is O=C(c1cccnc1)N(Cc1ccco1)Cc1ccco1. The summed E-state index contributed by atoms with van der Waals surface area (Å²) in [6.45, 7) is 0.753. The van der Waals surface area contributed by atoms with Gasteiger partial charge in [-0.25, -0.2) is 0 Å². The highest BCUT2D eigenvalue weighted by Crippen LogP contribution is 2.14. The molecule has 0 aliphatic heterocycles. The third-order valence-corrected chi connectivity index (χ3v) is 3.05. The summed E-state index contributed by atoms with van der Waals surface area (Å²) in [4.78, 5) is 18.2. The Morgan fingerprint density at radius 3 is 2.14 bits per heavy atom. The molecular formula is C16H14N2O3. The monoisotopic (exact) mass is 282 g/mol. The zero-order chi connectivity index (χ0) is 14.5. The number of carbonyl (C=O) groups excluding carboxylic acids is 1. The van der Waals surface area contributed by atoms with E-state index < -0.39 is 0 Å². The van der Waals surface area contributed by atoms with Gasteiger partial charge >= 0.3 is 0 Å². The van der Waals surface area contributed by atoms with Gasteiger partial charge in [-0.2, -0.15) is 0 Å². The van der Waals surface area contributed by atoms with Crippen LogP contribution in [0, 0.1) is 0 Å². The third-order valence-electron chi connectivity index (χ3n) is 3.05. The number of hydrogen-bond donors (Lipinski definition) is 0. The van der Waals surface area contributed by atoms with Gasteiger partial charge in [0.05, 0.1) is 31.2 Å². The zero-order valence-corrected chi connectivity index (χ0v) is 11.3. The van der Waals surface area contributed by atoms with Crippen LogP contribution in [0.4, 0.5) is 0 Å². The Bertz CT molecular complexity index is 639. The minimum atomic E-state index is -0.115. The van der Waals surface area contributed by atoms with Crippen molar-refractivity contribution in [2.24, 2.45) is 0 Å². The molecule has 0 N–H and O–H groups in total. The van der Waals surface area contributed by atoms with Crippen LogP contribution >= 0.6 is 0 Å². The third kappa shape index (κ3) is 3.20. The van der Waals surface area contributed by atoms with Gasteiger partial charge in [0.1, 0.15) is 11.5 Å². The first-order chi connectivity index (χ1) is 10.3. The Labute approximate surface area is 121 Å². The highest BCUT2D eigenvalue weighted by atomic mass is 16.3. The first-order valence-electron chi connectivity index (χ1n) is 6.57. The molecule has 0 unspecified atom stereocenters. The Morgan fingerprint density at radius 2 is 1.67 bits per heavy atom. The van der Waals surface area contributed by atoms with Gasteiger partial charge in [0.2, 0.25) is 0 Å². The molecule has 0 radical (unpaired) electrons. The van der Waals surface area contributed by atoms with Gasteiger partial charge in [0, 0.05) is 12.4 Å². The number of pyridine rings is 1. The van der Waals surface area contributed by atoms with Gasteiger partial charge in [0.15, 0.2) is 0 Å². The van der Waals surface area contributed by atoms with Crippen LogP contribution in [0.1, 0.15) is 21.9 Å². The summed E-state index contributed by atoms with van der Waals surface area (Å²) in [7, 11) is 0. The van der Waals surface area contributed by atoms with Crippen molar-refractivity contribution in [3.63, 3.8) is 0 Å². The van der Waals surface area contributed by atoms with E-state index in [0.29, 0.717) is 18.7 Å². The molecule has 106 valence electrons. The van der Waals surface area contributed by atoms with Crippen molar-refractivity contribution in [1.82, 2.24) is 9.88 Å². The van der Waals surface area contributed by atoms with Crippen LogP contribution in [0.15, 0.2) is 70.2 Å². The molecule has 21 heavy (non-hydrogen) atoms. The molecule has 5 heteroatoms. The zero-order valence-electron chi connectivity index (χ0n) is 11.3. The number of carbonyl (C=O) groups is 1. The van der Waals surface area contributed by atoms with Gasteiger partial charge in [-0.15, -0.1) is 0 Å². The van der Waals surface area contributed by atoms with Crippen LogP contribution in [0.3, 0.4) is 0 Å². The molecule has 0 saturated heterocycles. The molecule has 0 aliphatic rings. The largest absolute Gasteiger partial charge is 0.467 e. The second-order valence-corrected chi connectivity index (χ2v) is 4.56. The fraction of sp³-hybridized carbons (Fsp3) is 0.125. The van der Waals surface area contributed by atoms with Crippen molar-refractivity contribution in [2.75, 3.05) is 0 Å². The number of nitrogens with zero attached hydrogens (tertiary/aromatic N) is 2. The maximum atomic E-state index is 12.6. The molecule has 0 bridgehead atoms. The maximum Gasteiger partial charge on any atom is 0.256 e. The molecule has 0 atom stereocenters. The van der Waals surface area contributed by atoms with Gasteiger partial charge in [0.25, 0.3) is 5.91 Å². The normalized spacial score (nSPS) is 10.5. The Morgan fingerprint density at radius 1 is 1.00 bits per heavy atom. The molecule has 0 fully saturated rings. The van der Waals surface area contributed by atoms with Crippen molar-refractivity contribution in [3.8, 4) is 0 Å². The van der Waals surface area contributed by atoms with E-state index in [1.165, 1.54) is 0 Å². The second kappa shape index (κ2) is 6.09. The molecule has 3 aromatic rings. The Balaban J connectivity index is 1.82. The number of aromatic nitrogens is 1. The van der Waals surface area contributed by atoms with E-state index in [9.17, 15) is 4.79 Å². The fourth-order valence-electron chi connectivity index (χ4n) is 2.05. The molecule has 0 aromatic carbocycles. The highest BCUT2D eigenvalue weighted by Gasteiger charge is 2.18. The van der Waals surface area contributed by atoms with Crippen LogP contribution in [0.5, 0.6) is 0 Å². The van der Waals surface area contributed by atoms with E-state index in [4.69, 9.17) is 8.83 Å². The summed E-state index contributed by atoms with van der Waals surface area (Å²) in [5.74, 6) is 1.33. The van der Waals surface area contributed by atoms with Crippen LogP contribution < -0.4 is 0 Å². The number of furan rings is 2. The van der Waals surface area contributed by atoms with Crippen molar-refractivity contribution in [3.05, 3.63) is 78.4 Å². The molecule has 3 aromatic heterocycles. The van der Waals surface area contributed by atoms with Gasteiger partial charge in [-0.05, 0) is 36.4 Å². The summed E-state index contributed by atoms with van der Waals surface area (Å²) < 4.78 is 10.7. The van der Waals surface area contributed by atoms with Crippen LogP contribution in [0.25, 0.3) is 0 Å². The van der Waals surface area contributed by atoms with E-state index in [1.807, 2.05) is 12.1 Å². The lowest BCUT2D eigenvalue weighted by Crippen LogP contribution is -2.29. The van der Waals surface area contributed by atoms with Crippen LogP contribution in [-0.2, 0) is 13.1 Å². The molecular weight excluding hydrogens is 268 g/mol. The predicted octanol–water partition coefficient (Wildman–Crippen LogP) is 3.11. The molecule has 0 spiro atoms. The smallest absolute Gasteiger partial charge is 0.256 e. The first kappa shape index (κ1) is 13.2. The van der Waals surface area contributed by atoms with Crippen LogP contribution in [0.2, 0.25) is 0 Å². The topological polar surface area (TPSA) is 59.5 Å². The minimum Gasteiger partial charge on any atom is -0.467 e. The second-order valence-electron chi connectivity index (χ2n) is 4.56. The Hall–Kier alpha value is -2.82. The lowest BCUT2D eigenvalue weighted by Gasteiger charge is -2.20.